The lowest BCUT2D eigenvalue weighted by Gasteiger charge is -2.47. The van der Waals surface area contributed by atoms with Crippen LogP contribution in [-0.2, 0) is 38.9 Å². The Labute approximate surface area is 239 Å². The van der Waals surface area contributed by atoms with Crippen LogP contribution in [0.3, 0.4) is 0 Å². The second kappa shape index (κ2) is 14.5. The molecule has 1 saturated heterocycles. The zero-order chi connectivity index (χ0) is 29.4. The quantitative estimate of drug-likeness (QED) is 0.198. The molecule has 0 bridgehead atoms. The van der Waals surface area contributed by atoms with Crippen LogP contribution in [0.4, 0.5) is 0 Å². The minimum atomic E-state index is -3.46. The third kappa shape index (κ3) is 9.47. The molecule has 3 rings (SSSR count). The van der Waals surface area contributed by atoms with Gasteiger partial charge in [0.1, 0.15) is 11.9 Å². The van der Waals surface area contributed by atoms with E-state index in [1.54, 1.807) is 7.11 Å². The molecule has 2 aromatic carbocycles. The Hall–Kier alpha value is -1.59. The van der Waals surface area contributed by atoms with Gasteiger partial charge < -0.3 is 37.5 Å². The summed E-state index contributed by atoms with van der Waals surface area (Å²) in [5.41, 5.74) is 0.873. The fourth-order valence-corrected chi connectivity index (χ4v) is 7.77. The van der Waals surface area contributed by atoms with Gasteiger partial charge in [-0.05, 0) is 50.7 Å². The molecule has 0 spiro atoms. The molecular weight excluding hydrogens is 551 g/mol. The zero-order valence-electron chi connectivity index (χ0n) is 24.7. The van der Waals surface area contributed by atoms with Gasteiger partial charge in [-0.2, -0.15) is 0 Å². The third-order valence-corrected chi connectivity index (χ3v) is 9.80. The molecule has 1 aliphatic rings. The van der Waals surface area contributed by atoms with Crippen molar-refractivity contribution in [1.29, 1.82) is 0 Å². The lowest BCUT2D eigenvalue weighted by Crippen LogP contribution is -2.57. The molecule has 1 N–H and O–H groups in total. The summed E-state index contributed by atoms with van der Waals surface area (Å²) < 4.78 is 54.3. The molecular formula is C29H45O9PSi. The van der Waals surface area contributed by atoms with Gasteiger partial charge in [-0.25, -0.2) is 0 Å². The predicted octanol–water partition coefficient (Wildman–Crippen LogP) is 5.93. The highest BCUT2D eigenvalue weighted by atomic mass is 31.2. The van der Waals surface area contributed by atoms with Crippen LogP contribution in [0.15, 0.2) is 54.6 Å². The fourth-order valence-electron chi connectivity index (χ4n) is 5.08. The summed E-state index contributed by atoms with van der Waals surface area (Å²) in [4.78, 5) is 0. The van der Waals surface area contributed by atoms with Crippen molar-refractivity contribution in [1.82, 2.24) is 0 Å². The van der Waals surface area contributed by atoms with Gasteiger partial charge in [0.15, 0.2) is 14.6 Å². The van der Waals surface area contributed by atoms with Crippen molar-refractivity contribution in [3.8, 4) is 5.75 Å². The molecule has 40 heavy (non-hydrogen) atoms. The standard InChI is InChI=1S/C29H45O9PSi/c1-29(38-40(5,6)7,19-24(30)21-39(31,33-3)34-4)27(36-20-22-13-15-25(32-2)16-14-22)26-17-18-35-28(37-26)23-11-9-8-10-12-23/h8-16,24,26-28,30H,17-21H2,1-7H3/t24?,26-,27-,28-,29+/m0/s1. The van der Waals surface area contributed by atoms with E-state index in [2.05, 4.69) is 19.6 Å². The summed E-state index contributed by atoms with van der Waals surface area (Å²) in [6.07, 6.45) is -2.04. The van der Waals surface area contributed by atoms with E-state index < -0.39 is 46.1 Å². The van der Waals surface area contributed by atoms with E-state index in [0.29, 0.717) is 19.6 Å². The molecule has 5 atom stereocenters. The van der Waals surface area contributed by atoms with Crippen LogP contribution < -0.4 is 4.74 Å². The number of methoxy groups -OCH3 is 1. The normalized spacial score (nSPS) is 21.4. The smallest absolute Gasteiger partial charge is 0.332 e. The molecule has 9 nitrogen and oxygen atoms in total. The Bertz CT molecular complexity index is 1070. The van der Waals surface area contributed by atoms with Crippen molar-refractivity contribution in [3.05, 3.63) is 65.7 Å². The monoisotopic (exact) mass is 596 g/mol. The number of hydrogen-bond donors (Lipinski definition) is 1. The predicted molar refractivity (Wildman–Crippen MR) is 156 cm³/mol. The third-order valence-electron chi connectivity index (χ3n) is 6.74. The molecule has 0 amide bonds. The van der Waals surface area contributed by atoms with E-state index in [9.17, 15) is 9.67 Å². The lowest BCUT2D eigenvalue weighted by molar-refractivity contribution is -0.265. The molecule has 1 unspecified atom stereocenters. The van der Waals surface area contributed by atoms with Gasteiger partial charge in [-0.1, -0.05) is 42.5 Å². The highest BCUT2D eigenvalue weighted by molar-refractivity contribution is 7.53. The number of rotatable bonds is 15. The van der Waals surface area contributed by atoms with E-state index in [-0.39, 0.29) is 12.6 Å². The second-order valence-electron chi connectivity index (χ2n) is 11.2. The summed E-state index contributed by atoms with van der Waals surface area (Å²) in [5.74, 6) is 0.759. The van der Waals surface area contributed by atoms with Crippen LogP contribution in [0.2, 0.25) is 19.6 Å². The first-order chi connectivity index (χ1) is 18.9. The Balaban J connectivity index is 1.94. The Morgan fingerprint density at radius 3 is 2.27 bits per heavy atom. The maximum atomic E-state index is 12.8. The largest absolute Gasteiger partial charge is 0.497 e. The molecule has 1 fully saturated rings. The van der Waals surface area contributed by atoms with Gasteiger partial charge in [0.25, 0.3) is 0 Å². The highest BCUT2D eigenvalue weighted by Gasteiger charge is 2.48. The van der Waals surface area contributed by atoms with Crippen LogP contribution in [0.25, 0.3) is 0 Å². The van der Waals surface area contributed by atoms with Crippen molar-refractivity contribution < 1.29 is 42.1 Å². The van der Waals surface area contributed by atoms with Gasteiger partial charge in [-0.3, -0.25) is 4.57 Å². The summed E-state index contributed by atoms with van der Waals surface area (Å²) >= 11 is 0. The van der Waals surface area contributed by atoms with E-state index in [0.717, 1.165) is 16.9 Å². The number of aliphatic hydroxyl groups is 1. The van der Waals surface area contributed by atoms with E-state index in [1.165, 1.54) is 14.2 Å². The van der Waals surface area contributed by atoms with Crippen molar-refractivity contribution in [2.24, 2.45) is 0 Å². The summed E-state index contributed by atoms with van der Waals surface area (Å²) in [7, 11) is -1.39. The Morgan fingerprint density at radius 2 is 1.70 bits per heavy atom. The maximum absolute atomic E-state index is 12.8. The van der Waals surface area contributed by atoms with Crippen molar-refractivity contribution in [2.75, 3.05) is 34.1 Å². The van der Waals surface area contributed by atoms with Crippen molar-refractivity contribution >= 4 is 15.9 Å². The van der Waals surface area contributed by atoms with Crippen LogP contribution in [0, 0.1) is 0 Å². The molecule has 2 aromatic rings. The molecule has 0 radical (unpaired) electrons. The van der Waals surface area contributed by atoms with Gasteiger partial charge >= 0.3 is 7.60 Å². The van der Waals surface area contributed by atoms with Crippen molar-refractivity contribution in [3.63, 3.8) is 0 Å². The summed E-state index contributed by atoms with van der Waals surface area (Å²) in [6.45, 7) is 8.97. The molecule has 11 heteroatoms. The number of hydrogen-bond acceptors (Lipinski definition) is 9. The van der Waals surface area contributed by atoms with Crippen LogP contribution >= 0.6 is 7.60 Å². The van der Waals surface area contributed by atoms with Gasteiger partial charge in [0.2, 0.25) is 0 Å². The van der Waals surface area contributed by atoms with Gasteiger partial charge in [-0.15, -0.1) is 0 Å². The fraction of sp³-hybridized carbons (Fsp3) is 0.586. The van der Waals surface area contributed by atoms with Crippen molar-refractivity contribution in [2.45, 2.75) is 76.2 Å². The number of ether oxygens (including phenoxy) is 4. The molecule has 224 valence electrons. The first-order valence-corrected chi connectivity index (χ1v) is 18.7. The molecule has 0 aliphatic carbocycles. The van der Waals surface area contributed by atoms with Crippen LogP contribution in [0.5, 0.6) is 5.75 Å². The average molecular weight is 597 g/mol. The topological polar surface area (TPSA) is 102 Å². The maximum Gasteiger partial charge on any atom is 0.332 e. The molecule has 0 saturated carbocycles. The Kier molecular flexibility index (Phi) is 12.0. The first kappa shape index (κ1) is 32.9. The number of benzene rings is 2. The Morgan fingerprint density at radius 1 is 1.05 bits per heavy atom. The van der Waals surface area contributed by atoms with Gasteiger partial charge in [0.05, 0.1) is 44.3 Å². The summed E-state index contributed by atoms with van der Waals surface area (Å²) in [6, 6.07) is 17.5. The number of aliphatic hydroxyl groups excluding tert-OH is 1. The van der Waals surface area contributed by atoms with Gasteiger partial charge in [0, 0.05) is 26.2 Å². The SMILES string of the molecule is COc1ccc(CO[C@@H]([C@@H]2CCO[C@H](c3ccccc3)O2)[C@@](C)(CC(O)CP(=O)(OC)OC)O[Si](C)(C)C)cc1. The average Bonchev–Trinajstić information content (AvgIpc) is 2.92. The van der Waals surface area contributed by atoms with Crippen LogP contribution in [0.1, 0.15) is 37.2 Å². The molecule has 1 aliphatic heterocycles. The van der Waals surface area contributed by atoms with E-state index >= 15 is 0 Å². The van der Waals surface area contributed by atoms with Crippen LogP contribution in [-0.4, -0.2) is 71.4 Å². The lowest BCUT2D eigenvalue weighted by atomic mass is 9.87. The van der Waals surface area contributed by atoms with E-state index in [4.69, 9.17) is 32.4 Å². The minimum Gasteiger partial charge on any atom is -0.497 e. The second-order valence-corrected chi connectivity index (χ2v) is 17.9. The molecule has 1 heterocycles. The minimum absolute atomic E-state index is 0.137. The molecule has 0 aromatic heterocycles. The van der Waals surface area contributed by atoms with E-state index in [1.807, 2.05) is 61.5 Å². The first-order valence-electron chi connectivity index (χ1n) is 13.6. The zero-order valence-corrected chi connectivity index (χ0v) is 26.6. The highest BCUT2D eigenvalue weighted by Crippen LogP contribution is 2.48. The summed E-state index contributed by atoms with van der Waals surface area (Å²) in [5, 5.41) is 11.2.